The van der Waals surface area contributed by atoms with Crippen LogP contribution in [-0.4, -0.2) is 44.5 Å². The Morgan fingerprint density at radius 1 is 1.45 bits per heavy atom. The van der Waals surface area contributed by atoms with Gasteiger partial charge in [0.2, 0.25) is 0 Å². The van der Waals surface area contributed by atoms with Gasteiger partial charge in [-0.25, -0.2) is 9.97 Å². The van der Waals surface area contributed by atoms with E-state index >= 15 is 0 Å². The zero-order chi connectivity index (χ0) is 14.2. The summed E-state index contributed by atoms with van der Waals surface area (Å²) in [6, 6.07) is 0. The standard InChI is InChI=1S/C14H21N5S/c1-4-15-11-9-18-6-5-16-12(18)13(17-11)19-7-8-20-14(2,3)10-19/h5-6,9,15H,4,7-8,10H2,1-3H3. The van der Waals surface area contributed by atoms with Crippen LogP contribution in [0.2, 0.25) is 0 Å². The van der Waals surface area contributed by atoms with E-state index in [2.05, 4.69) is 40.4 Å². The summed E-state index contributed by atoms with van der Waals surface area (Å²) in [7, 11) is 0. The summed E-state index contributed by atoms with van der Waals surface area (Å²) in [6.45, 7) is 9.57. The van der Waals surface area contributed by atoms with E-state index in [1.165, 1.54) is 0 Å². The van der Waals surface area contributed by atoms with Gasteiger partial charge in [-0.3, -0.25) is 0 Å². The van der Waals surface area contributed by atoms with E-state index in [9.17, 15) is 0 Å². The number of nitrogens with zero attached hydrogens (tertiary/aromatic N) is 4. The van der Waals surface area contributed by atoms with Gasteiger partial charge in [0.25, 0.3) is 0 Å². The lowest BCUT2D eigenvalue weighted by atomic mass is 10.2. The third-order valence-electron chi connectivity index (χ3n) is 3.44. The molecule has 3 heterocycles. The summed E-state index contributed by atoms with van der Waals surface area (Å²) >= 11 is 2.03. The van der Waals surface area contributed by atoms with Gasteiger partial charge < -0.3 is 14.6 Å². The second kappa shape index (κ2) is 5.16. The Hall–Kier alpha value is -1.43. The van der Waals surface area contributed by atoms with Crippen molar-refractivity contribution in [1.29, 1.82) is 0 Å². The average Bonchev–Trinajstić information content (AvgIpc) is 2.85. The lowest BCUT2D eigenvalue weighted by Crippen LogP contribution is -2.43. The monoisotopic (exact) mass is 291 g/mol. The van der Waals surface area contributed by atoms with E-state index in [-0.39, 0.29) is 4.75 Å². The largest absolute Gasteiger partial charge is 0.369 e. The van der Waals surface area contributed by atoms with Crippen molar-refractivity contribution < 1.29 is 0 Å². The molecule has 0 amide bonds. The molecule has 0 aliphatic carbocycles. The van der Waals surface area contributed by atoms with E-state index in [0.29, 0.717) is 0 Å². The zero-order valence-electron chi connectivity index (χ0n) is 12.3. The molecule has 1 saturated heterocycles. The van der Waals surface area contributed by atoms with E-state index < -0.39 is 0 Å². The number of nitrogens with one attached hydrogen (secondary N) is 1. The van der Waals surface area contributed by atoms with Crippen LogP contribution in [0, 0.1) is 0 Å². The Labute approximate surface area is 123 Å². The SMILES string of the molecule is CCNc1cn2ccnc2c(N2CCSC(C)(C)C2)n1. The number of fused-ring (bicyclic) bond motifs is 1. The fraction of sp³-hybridized carbons (Fsp3) is 0.571. The molecule has 0 atom stereocenters. The van der Waals surface area contributed by atoms with Crippen LogP contribution in [0.15, 0.2) is 18.6 Å². The van der Waals surface area contributed by atoms with Crippen molar-refractivity contribution in [3.05, 3.63) is 18.6 Å². The molecule has 5 nitrogen and oxygen atoms in total. The fourth-order valence-corrected chi connectivity index (χ4v) is 3.70. The molecule has 0 bridgehead atoms. The molecule has 0 saturated carbocycles. The first-order valence-electron chi connectivity index (χ1n) is 7.05. The van der Waals surface area contributed by atoms with Crippen LogP contribution in [0.3, 0.4) is 0 Å². The number of anilines is 2. The maximum Gasteiger partial charge on any atom is 0.180 e. The van der Waals surface area contributed by atoms with Crippen LogP contribution in [-0.2, 0) is 0 Å². The number of hydrogen-bond acceptors (Lipinski definition) is 5. The quantitative estimate of drug-likeness (QED) is 0.941. The van der Waals surface area contributed by atoms with Crippen LogP contribution in [0.25, 0.3) is 5.65 Å². The molecule has 1 N–H and O–H groups in total. The van der Waals surface area contributed by atoms with Gasteiger partial charge in [0.15, 0.2) is 11.5 Å². The first-order valence-corrected chi connectivity index (χ1v) is 8.04. The van der Waals surface area contributed by atoms with Crippen molar-refractivity contribution in [1.82, 2.24) is 14.4 Å². The summed E-state index contributed by atoms with van der Waals surface area (Å²) < 4.78 is 2.31. The molecule has 2 aromatic rings. The van der Waals surface area contributed by atoms with Crippen LogP contribution in [0.5, 0.6) is 0 Å². The number of rotatable bonds is 3. The van der Waals surface area contributed by atoms with Crippen molar-refractivity contribution in [2.75, 3.05) is 35.6 Å². The van der Waals surface area contributed by atoms with Gasteiger partial charge in [-0.2, -0.15) is 11.8 Å². The van der Waals surface area contributed by atoms with Crippen LogP contribution in [0.4, 0.5) is 11.6 Å². The molecule has 6 heteroatoms. The maximum absolute atomic E-state index is 4.77. The lowest BCUT2D eigenvalue weighted by molar-refractivity contribution is 0.642. The topological polar surface area (TPSA) is 45.5 Å². The van der Waals surface area contributed by atoms with E-state index in [1.807, 2.05) is 30.4 Å². The Morgan fingerprint density at radius 3 is 3.05 bits per heavy atom. The summed E-state index contributed by atoms with van der Waals surface area (Å²) in [5.41, 5.74) is 0.939. The molecule has 108 valence electrons. The number of thioether (sulfide) groups is 1. The van der Waals surface area contributed by atoms with Crippen molar-refractivity contribution in [3.63, 3.8) is 0 Å². The highest BCUT2D eigenvalue weighted by Gasteiger charge is 2.29. The first-order chi connectivity index (χ1) is 9.59. The molecule has 3 rings (SSSR count). The minimum Gasteiger partial charge on any atom is -0.369 e. The summed E-state index contributed by atoms with van der Waals surface area (Å²) in [5.74, 6) is 3.03. The molecule has 1 aliphatic heterocycles. The molecular weight excluding hydrogens is 270 g/mol. The highest BCUT2D eigenvalue weighted by molar-refractivity contribution is 8.00. The van der Waals surface area contributed by atoms with Gasteiger partial charge in [-0.05, 0) is 20.8 Å². The van der Waals surface area contributed by atoms with Crippen molar-refractivity contribution in [3.8, 4) is 0 Å². The Morgan fingerprint density at radius 2 is 2.30 bits per heavy atom. The summed E-state index contributed by atoms with van der Waals surface area (Å²) in [6.07, 6.45) is 5.81. The van der Waals surface area contributed by atoms with Crippen molar-refractivity contribution >= 4 is 29.0 Å². The minimum atomic E-state index is 0.262. The number of hydrogen-bond donors (Lipinski definition) is 1. The van der Waals surface area contributed by atoms with E-state index in [1.54, 1.807) is 0 Å². The van der Waals surface area contributed by atoms with Gasteiger partial charge in [0.05, 0.1) is 6.20 Å². The van der Waals surface area contributed by atoms with Gasteiger partial charge >= 0.3 is 0 Å². The molecule has 0 aromatic carbocycles. The highest BCUT2D eigenvalue weighted by Crippen LogP contribution is 2.33. The highest BCUT2D eigenvalue weighted by atomic mass is 32.2. The second-order valence-corrected chi connectivity index (χ2v) is 7.47. The minimum absolute atomic E-state index is 0.262. The number of aromatic nitrogens is 3. The molecule has 0 unspecified atom stereocenters. The van der Waals surface area contributed by atoms with Crippen molar-refractivity contribution in [2.24, 2.45) is 0 Å². The van der Waals surface area contributed by atoms with E-state index in [0.717, 1.165) is 42.7 Å². The average molecular weight is 291 g/mol. The molecular formula is C14H21N5S. The molecule has 2 aromatic heterocycles. The smallest absolute Gasteiger partial charge is 0.180 e. The summed E-state index contributed by atoms with van der Waals surface area (Å²) in [4.78, 5) is 11.6. The molecule has 1 fully saturated rings. The normalized spacial score (nSPS) is 18.4. The predicted molar refractivity (Wildman–Crippen MR) is 85.9 cm³/mol. The second-order valence-electron chi connectivity index (χ2n) is 5.67. The predicted octanol–water partition coefficient (Wildman–Crippen LogP) is 2.49. The lowest BCUT2D eigenvalue weighted by Gasteiger charge is -2.38. The molecule has 1 aliphatic rings. The fourth-order valence-electron chi connectivity index (χ4n) is 2.59. The van der Waals surface area contributed by atoms with Gasteiger partial charge in [0, 0.05) is 42.5 Å². The maximum atomic E-state index is 4.77. The molecule has 20 heavy (non-hydrogen) atoms. The van der Waals surface area contributed by atoms with Gasteiger partial charge in [0.1, 0.15) is 5.82 Å². The Bertz CT molecular complexity index is 607. The van der Waals surface area contributed by atoms with Crippen LogP contribution in [0.1, 0.15) is 20.8 Å². The number of imidazole rings is 1. The van der Waals surface area contributed by atoms with Gasteiger partial charge in [-0.15, -0.1) is 0 Å². The Balaban J connectivity index is 2.02. The van der Waals surface area contributed by atoms with E-state index in [4.69, 9.17) is 4.98 Å². The zero-order valence-corrected chi connectivity index (χ0v) is 13.1. The molecule has 0 spiro atoms. The third-order valence-corrected chi connectivity index (χ3v) is 4.74. The Kier molecular flexibility index (Phi) is 3.50. The summed E-state index contributed by atoms with van der Waals surface area (Å²) in [5, 5.41) is 3.30. The third kappa shape index (κ3) is 2.57. The first kappa shape index (κ1) is 13.5. The van der Waals surface area contributed by atoms with Crippen molar-refractivity contribution in [2.45, 2.75) is 25.5 Å². The van der Waals surface area contributed by atoms with Gasteiger partial charge in [-0.1, -0.05) is 0 Å². The molecule has 0 radical (unpaired) electrons. The van der Waals surface area contributed by atoms with Crippen LogP contribution >= 0.6 is 11.8 Å². The van der Waals surface area contributed by atoms with Crippen LogP contribution < -0.4 is 10.2 Å².